The van der Waals surface area contributed by atoms with Crippen LogP contribution in [0.25, 0.3) is 0 Å². The van der Waals surface area contributed by atoms with Crippen molar-refractivity contribution >= 4 is 23.4 Å². The van der Waals surface area contributed by atoms with Gasteiger partial charge in [0.15, 0.2) is 0 Å². The fourth-order valence-electron chi connectivity index (χ4n) is 0.745. The highest BCUT2D eigenvalue weighted by Crippen LogP contribution is 2.20. The van der Waals surface area contributed by atoms with E-state index in [-0.39, 0.29) is 0 Å². The Balaban J connectivity index is 2.45. The average molecular weight is 217 g/mol. The zero-order valence-corrected chi connectivity index (χ0v) is 9.40. The average Bonchev–Trinajstić information content (AvgIpc) is 2.14. The summed E-state index contributed by atoms with van der Waals surface area (Å²) in [5.74, 6) is 1.81. The second kappa shape index (κ2) is 5.45. The summed E-state index contributed by atoms with van der Waals surface area (Å²) in [5, 5.41) is 1.29. The predicted octanol–water partition coefficient (Wildman–Crippen LogP) is 3.27. The number of nitrogens with zero attached hydrogens (tertiary/aromatic N) is 2. The molecule has 72 valence electrons. The van der Waals surface area contributed by atoms with Crippen LogP contribution < -0.4 is 0 Å². The van der Waals surface area contributed by atoms with E-state index < -0.39 is 0 Å². The Kier molecular flexibility index (Phi) is 4.53. The van der Waals surface area contributed by atoms with Gasteiger partial charge >= 0.3 is 0 Å². The molecule has 2 nitrogen and oxygen atoms in total. The van der Waals surface area contributed by atoms with Crippen LogP contribution in [0.1, 0.15) is 20.3 Å². The van der Waals surface area contributed by atoms with E-state index in [1.54, 1.807) is 18.0 Å². The maximum absolute atomic E-state index is 5.66. The first kappa shape index (κ1) is 10.8. The summed E-state index contributed by atoms with van der Waals surface area (Å²) in [7, 11) is 0. The Morgan fingerprint density at radius 2 is 2.38 bits per heavy atom. The minimum Gasteiger partial charge on any atom is -0.226 e. The fourth-order valence-corrected chi connectivity index (χ4v) is 1.94. The van der Waals surface area contributed by atoms with Gasteiger partial charge in [-0.05, 0) is 23.6 Å². The topological polar surface area (TPSA) is 25.8 Å². The van der Waals surface area contributed by atoms with Crippen molar-refractivity contribution in [3.8, 4) is 0 Å². The summed E-state index contributed by atoms with van der Waals surface area (Å²) >= 11 is 7.39. The number of thioether (sulfide) groups is 1. The maximum atomic E-state index is 5.66. The summed E-state index contributed by atoms with van der Waals surface area (Å²) in [5.41, 5.74) is 0. The molecule has 1 aromatic heterocycles. The molecule has 0 saturated heterocycles. The third-order valence-electron chi connectivity index (χ3n) is 1.81. The number of halogens is 1. The van der Waals surface area contributed by atoms with Crippen LogP contribution in [0, 0.1) is 5.92 Å². The van der Waals surface area contributed by atoms with Gasteiger partial charge in [0.2, 0.25) is 5.28 Å². The van der Waals surface area contributed by atoms with Gasteiger partial charge in [0.25, 0.3) is 0 Å². The first-order valence-corrected chi connectivity index (χ1v) is 5.70. The summed E-state index contributed by atoms with van der Waals surface area (Å²) in [6.45, 7) is 4.42. The van der Waals surface area contributed by atoms with Gasteiger partial charge in [0.1, 0.15) is 5.03 Å². The van der Waals surface area contributed by atoms with Crippen LogP contribution in [-0.2, 0) is 0 Å². The van der Waals surface area contributed by atoms with Gasteiger partial charge in [-0.1, -0.05) is 20.3 Å². The third-order valence-corrected chi connectivity index (χ3v) is 3.25. The molecule has 0 fully saturated rings. The molecule has 0 aromatic carbocycles. The summed E-state index contributed by atoms with van der Waals surface area (Å²) in [6, 6.07) is 1.89. The van der Waals surface area contributed by atoms with Crippen molar-refractivity contribution < 1.29 is 0 Å². The lowest BCUT2D eigenvalue weighted by molar-refractivity contribution is 0.636. The van der Waals surface area contributed by atoms with E-state index in [0.29, 0.717) is 5.28 Å². The van der Waals surface area contributed by atoms with Crippen LogP contribution in [0.5, 0.6) is 0 Å². The molecule has 1 rings (SSSR count). The van der Waals surface area contributed by atoms with Crippen molar-refractivity contribution in [2.24, 2.45) is 5.92 Å². The highest BCUT2D eigenvalue weighted by Gasteiger charge is 2.01. The normalized spacial score (nSPS) is 12.8. The summed E-state index contributed by atoms with van der Waals surface area (Å²) in [4.78, 5) is 7.92. The number of hydrogen-bond acceptors (Lipinski definition) is 3. The van der Waals surface area contributed by atoms with Gasteiger partial charge in [-0.2, -0.15) is 0 Å². The smallest absolute Gasteiger partial charge is 0.223 e. The van der Waals surface area contributed by atoms with E-state index in [4.69, 9.17) is 11.6 Å². The molecule has 0 bridgehead atoms. The van der Waals surface area contributed by atoms with Gasteiger partial charge in [-0.15, -0.1) is 11.8 Å². The molecule has 4 heteroatoms. The fraction of sp³-hybridized carbons (Fsp3) is 0.556. The van der Waals surface area contributed by atoms with Crippen LogP contribution in [0.3, 0.4) is 0 Å². The SMILES string of the molecule is CCC(C)CSc1ccnc(Cl)n1. The Morgan fingerprint density at radius 1 is 1.62 bits per heavy atom. The van der Waals surface area contributed by atoms with Crippen LogP contribution >= 0.6 is 23.4 Å². The first-order chi connectivity index (χ1) is 6.22. The maximum Gasteiger partial charge on any atom is 0.223 e. The minimum absolute atomic E-state index is 0.328. The molecule has 1 atom stereocenters. The second-order valence-corrected chi connectivity index (χ2v) is 4.37. The Morgan fingerprint density at radius 3 is 3.00 bits per heavy atom. The molecule has 0 N–H and O–H groups in total. The van der Waals surface area contributed by atoms with E-state index in [1.165, 1.54) is 6.42 Å². The van der Waals surface area contributed by atoms with Gasteiger partial charge in [-0.3, -0.25) is 0 Å². The molecule has 1 heterocycles. The van der Waals surface area contributed by atoms with Crippen molar-refractivity contribution in [2.75, 3.05) is 5.75 Å². The number of rotatable bonds is 4. The van der Waals surface area contributed by atoms with Crippen molar-refractivity contribution in [3.05, 3.63) is 17.5 Å². The van der Waals surface area contributed by atoms with Gasteiger partial charge < -0.3 is 0 Å². The van der Waals surface area contributed by atoms with Crippen molar-refractivity contribution in [1.29, 1.82) is 0 Å². The van der Waals surface area contributed by atoms with Crippen molar-refractivity contribution in [3.63, 3.8) is 0 Å². The monoisotopic (exact) mass is 216 g/mol. The zero-order chi connectivity index (χ0) is 9.68. The molecule has 0 saturated carbocycles. The molecule has 0 radical (unpaired) electrons. The standard InChI is InChI=1S/C9H13ClN2S/c1-3-7(2)6-13-8-4-5-11-9(10)12-8/h4-5,7H,3,6H2,1-2H3. The number of hydrogen-bond donors (Lipinski definition) is 0. The highest BCUT2D eigenvalue weighted by atomic mass is 35.5. The largest absolute Gasteiger partial charge is 0.226 e. The minimum atomic E-state index is 0.328. The lowest BCUT2D eigenvalue weighted by atomic mass is 10.2. The Labute approximate surface area is 88.1 Å². The molecule has 0 amide bonds. The molecule has 1 aromatic rings. The lowest BCUT2D eigenvalue weighted by Crippen LogP contribution is -1.96. The quantitative estimate of drug-likeness (QED) is 0.439. The lowest BCUT2D eigenvalue weighted by Gasteiger charge is -2.06. The van der Waals surface area contributed by atoms with E-state index >= 15 is 0 Å². The van der Waals surface area contributed by atoms with E-state index in [0.717, 1.165) is 16.7 Å². The Hall–Kier alpha value is -0.280. The van der Waals surface area contributed by atoms with Gasteiger partial charge in [0, 0.05) is 11.9 Å². The number of aromatic nitrogens is 2. The second-order valence-electron chi connectivity index (χ2n) is 2.99. The third kappa shape index (κ3) is 3.96. The van der Waals surface area contributed by atoms with Crippen molar-refractivity contribution in [2.45, 2.75) is 25.3 Å². The van der Waals surface area contributed by atoms with Crippen LogP contribution in [-0.4, -0.2) is 15.7 Å². The molecule has 0 aliphatic heterocycles. The molecule has 0 aliphatic carbocycles. The van der Waals surface area contributed by atoms with Crippen molar-refractivity contribution in [1.82, 2.24) is 9.97 Å². The highest BCUT2D eigenvalue weighted by molar-refractivity contribution is 7.99. The summed E-state index contributed by atoms with van der Waals surface area (Å²) in [6.07, 6.45) is 2.89. The van der Waals surface area contributed by atoms with E-state index in [9.17, 15) is 0 Å². The predicted molar refractivity (Wildman–Crippen MR) is 57.2 cm³/mol. The van der Waals surface area contributed by atoms with E-state index in [2.05, 4.69) is 23.8 Å². The summed E-state index contributed by atoms with van der Waals surface area (Å²) < 4.78 is 0. The molecular weight excluding hydrogens is 204 g/mol. The zero-order valence-electron chi connectivity index (χ0n) is 7.83. The van der Waals surface area contributed by atoms with Gasteiger partial charge in [-0.25, -0.2) is 9.97 Å². The Bertz CT molecular complexity index is 268. The van der Waals surface area contributed by atoms with Crippen LogP contribution in [0.2, 0.25) is 5.28 Å². The first-order valence-electron chi connectivity index (χ1n) is 4.33. The molecular formula is C9H13ClN2S. The van der Waals surface area contributed by atoms with E-state index in [1.807, 2.05) is 6.07 Å². The molecule has 1 unspecified atom stereocenters. The molecule has 0 spiro atoms. The van der Waals surface area contributed by atoms with Crippen LogP contribution in [0.4, 0.5) is 0 Å². The molecule has 0 aliphatic rings. The van der Waals surface area contributed by atoms with Crippen LogP contribution in [0.15, 0.2) is 17.3 Å². The molecule has 13 heavy (non-hydrogen) atoms. The van der Waals surface area contributed by atoms with Gasteiger partial charge in [0.05, 0.1) is 0 Å².